The van der Waals surface area contributed by atoms with Crippen LogP contribution < -0.4 is 5.32 Å². The van der Waals surface area contributed by atoms with Crippen molar-refractivity contribution in [3.8, 4) is 11.1 Å². The normalized spacial score (nSPS) is 10.3. The number of aromatic nitrogens is 2. The Labute approximate surface area is 133 Å². The molecule has 0 atom stereocenters. The molecule has 2 heterocycles. The van der Waals surface area contributed by atoms with Crippen molar-refractivity contribution in [3.63, 3.8) is 0 Å². The van der Waals surface area contributed by atoms with E-state index in [1.165, 1.54) is 18.3 Å². The summed E-state index contributed by atoms with van der Waals surface area (Å²) in [6.45, 7) is 0.332. The van der Waals surface area contributed by atoms with E-state index >= 15 is 0 Å². The van der Waals surface area contributed by atoms with Crippen molar-refractivity contribution in [1.29, 1.82) is 0 Å². The second-order valence-corrected chi connectivity index (χ2v) is 5.01. The summed E-state index contributed by atoms with van der Waals surface area (Å²) in [7, 11) is 0. The van der Waals surface area contributed by atoms with Crippen molar-refractivity contribution < 1.29 is 9.18 Å². The van der Waals surface area contributed by atoms with Crippen LogP contribution in [0.25, 0.3) is 11.1 Å². The number of hydrogen-bond donors (Lipinski definition) is 1. The largest absolute Gasteiger partial charge is 0.348 e. The molecular formula is C18H14FN3O. The Morgan fingerprint density at radius 3 is 2.43 bits per heavy atom. The van der Waals surface area contributed by atoms with Gasteiger partial charge in [-0.1, -0.05) is 12.1 Å². The van der Waals surface area contributed by atoms with Crippen LogP contribution in [0, 0.1) is 5.82 Å². The average Bonchev–Trinajstić information content (AvgIpc) is 2.62. The first-order valence-electron chi connectivity index (χ1n) is 7.10. The SMILES string of the molecule is O=C(NCc1ccc(F)cc1)c1cncc(-c2ccncc2)c1. The summed E-state index contributed by atoms with van der Waals surface area (Å²) < 4.78 is 12.9. The average molecular weight is 307 g/mol. The van der Waals surface area contributed by atoms with E-state index in [1.807, 2.05) is 12.1 Å². The van der Waals surface area contributed by atoms with Gasteiger partial charge in [0.15, 0.2) is 0 Å². The Balaban J connectivity index is 1.71. The second kappa shape index (κ2) is 6.79. The monoisotopic (exact) mass is 307 g/mol. The van der Waals surface area contributed by atoms with E-state index in [0.29, 0.717) is 12.1 Å². The van der Waals surface area contributed by atoms with Crippen molar-refractivity contribution in [1.82, 2.24) is 15.3 Å². The van der Waals surface area contributed by atoms with Crippen LogP contribution in [0.5, 0.6) is 0 Å². The molecule has 23 heavy (non-hydrogen) atoms. The van der Waals surface area contributed by atoms with E-state index in [1.54, 1.807) is 36.8 Å². The topological polar surface area (TPSA) is 54.9 Å². The molecule has 114 valence electrons. The molecule has 0 radical (unpaired) electrons. The molecule has 3 aromatic rings. The van der Waals surface area contributed by atoms with Crippen LogP contribution in [0.2, 0.25) is 0 Å². The summed E-state index contributed by atoms with van der Waals surface area (Å²) in [5, 5.41) is 2.80. The lowest BCUT2D eigenvalue weighted by molar-refractivity contribution is 0.0950. The summed E-state index contributed by atoms with van der Waals surface area (Å²) in [6, 6.07) is 11.5. The molecule has 0 fully saturated rings. The van der Waals surface area contributed by atoms with Crippen molar-refractivity contribution in [2.24, 2.45) is 0 Å². The highest BCUT2D eigenvalue weighted by atomic mass is 19.1. The standard InChI is InChI=1S/C18H14FN3O/c19-17-3-1-13(2-4-17)10-22-18(23)16-9-15(11-21-12-16)14-5-7-20-8-6-14/h1-9,11-12H,10H2,(H,22,23). The first-order valence-corrected chi connectivity index (χ1v) is 7.10. The maximum absolute atomic E-state index is 12.9. The fourth-order valence-electron chi connectivity index (χ4n) is 2.15. The van der Waals surface area contributed by atoms with Gasteiger partial charge in [-0.05, 0) is 41.5 Å². The number of pyridine rings is 2. The van der Waals surface area contributed by atoms with Crippen LogP contribution in [0.4, 0.5) is 4.39 Å². The van der Waals surface area contributed by atoms with Crippen molar-refractivity contribution in [2.75, 3.05) is 0 Å². The van der Waals surface area contributed by atoms with Crippen molar-refractivity contribution in [2.45, 2.75) is 6.54 Å². The first-order chi connectivity index (χ1) is 11.2. The second-order valence-electron chi connectivity index (χ2n) is 5.01. The Morgan fingerprint density at radius 1 is 0.957 bits per heavy atom. The van der Waals surface area contributed by atoms with E-state index in [2.05, 4.69) is 15.3 Å². The fourth-order valence-corrected chi connectivity index (χ4v) is 2.15. The van der Waals surface area contributed by atoms with Gasteiger partial charge >= 0.3 is 0 Å². The molecule has 1 aromatic carbocycles. The zero-order valence-corrected chi connectivity index (χ0v) is 12.2. The minimum atomic E-state index is -0.297. The van der Waals surface area contributed by atoms with Crippen LogP contribution in [-0.4, -0.2) is 15.9 Å². The number of hydrogen-bond acceptors (Lipinski definition) is 3. The van der Waals surface area contributed by atoms with E-state index in [9.17, 15) is 9.18 Å². The van der Waals surface area contributed by atoms with Gasteiger partial charge < -0.3 is 5.32 Å². The Kier molecular flexibility index (Phi) is 4.38. The summed E-state index contributed by atoms with van der Waals surface area (Å²) >= 11 is 0. The fraction of sp³-hybridized carbons (Fsp3) is 0.0556. The quantitative estimate of drug-likeness (QED) is 0.805. The number of halogens is 1. The molecule has 1 N–H and O–H groups in total. The van der Waals surface area contributed by atoms with Gasteiger partial charge in [-0.2, -0.15) is 0 Å². The highest BCUT2D eigenvalue weighted by molar-refractivity contribution is 5.95. The number of amides is 1. The van der Waals surface area contributed by atoms with E-state index in [0.717, 1.165) is 16.7 Å². The summed E-state index contributed by atoms with van der Waals surface area (Å²) in [6.07, 6.45) is 6.60. The van der Waals surface area contributed by atoms with E-state index in [-0.39, 0.29) is 11.7 Å². The molecule has 0 aliphatic rings. The molecule has 2 aromatic heterocycles. The zero-order valence-electron chi connectivity index (χ0n) is 12.2. The molecule has 3 rings (SSSR count). The number of benzene rings is 1. The van der Waals surface area contributed by atoms with Crippen molar-refractivity contribution in [3.05, 3.63) is 84.2 Å². The number of carbonyl (C=O) groups is 1. The van der Waals surface area contributed by atoms with E-state index < -0.39 is 0 Å². The maximum atomic E-state index is 12.9. The van der Waals surface area contributed by atoms with Gasteiger partial charge in [0.25, 0.3) is 5.91 Å². The Bertz CT molecular complexity index is 804. The third-order valence-corrected chi connectivity index (χ3v) is 3.38. The zero-order chi connectivity index (χ0) is 16.1. The predicted octanol–water partition coefficient (Wildman–Crippen LogP) is 3.21. The molecule has 4 nitrogen and oxygen atoms in total. The maximum Gasteiger partial charge on any atom is 0.253 e. The van der Waals surface area contributed by atoms with Crippen LogP contribution in [0.1, 0.15) is 15.9 Å². The highest BCUT2D eigenvalue weighted by Crippen LogP contribution is 2.18. The molecule has 0 saturated heterocycles. The lowest BCUT2D eigenvalue weighted by atomic mass is 10.1. The van der Waals surface area contributed by atoms with Gasteiger partial charge in [0.05, 0.1) is 5.56 Å². The highest BCUT2D eigenvalue weighted by Gasteiger charge is 2.08. The molecule has 0 bridgehead atoms. The van der Waals surface area contributed by atoms with Crippen LogP contribution in [0.15, 0.2) is 67.3 Å². The van der Waals surface area contributed by atoms with E-state index in [4.69, 9.17) is 0 Å². The van der Waals surface area contributed by atoms with Crippen LogP contribution >= 0.6 is 0 Å². The molecule has 0 aliphatic heterocycles. The molecule has 0 spiro atoms. The first kappa shape index (κ1) is 14.8. The van der Waals surface area contributed by atoms with Crippen LogP contribution in [0.3, 0.4) is 0 Å². The van der Waals surface area contributed by atoms with Crippen molar-refractivity contribution >= 4 is 5.91 Å². The minimum absolute atomic E-state index is 0.224. The molecule has 0 unspecified atom stereocenters. The van der Waals surface area contributed by atoms with Gasteiger partial charge in [-0.25, -0.2) is 4.39 Å². The van der Waals surface area contributed by atoms with Gasteiger partial charge in [-0.3, -0.25) is 14.8 Å². The van der Waals surface area contributed by atoms with Gasteiger partial charge in [-0.15, -0.1) is 0 Å². The lowest BCUT2D eigenvalue weighted by Crippen LogP contribution is -2.22. The summed E-state index contributed by atoms with van der Waals surface area (Å²) in [4.78, 5) is 20.3. The lowest BCUT2D eigenvalue weighted by Gasteiger charge is -2.07. The summed E-state index contributed by atoms with van der Waals surface area (Å²) in [5.74, 6) is -0.521. The molecule has 5 heteroatoms. The number of nitrogens with zero attached hydrogens (tertiary/aromatic N) is 2. The smallest absolute Gasteiger partial charge is 0.253 e. The minimum Gasteiger partial charge on any atom is -0.348 e. The van der Waals surface area contributed by atoms with Gasteiger partial charge in [0.2, 0.25) is 0 Å². The molecule has 0 aliphatic carbocycles. The molecule has 1 amide bonds. The molecule has 0 saturated carbocycles. The number of nitrogens with one attached hydrogen (secondary N) is 1. The molecular weight excluding hydrogens is 293 g/mol. The number of carbonyl (C=O) groups excluding carboxylic acids is 1. The van der Waals surface area contributed by atoms with Gasteiger partial charge in [0.1, 0.15) is 5.82 Å². The van der Waals surface area contributed by atoms with Crippen LogP contribution in [-0.2, 0) is 6.54 Å². The Hall–Kier alpha value is -3.08. The van der Waals surface area contributed by atoms with Gasteiger partial charge in [0, 0.05) is 36.9 Å². The summed E-state index contributed by atoms with van der Waals surface area (Å²) in [5.41, 5.74) is 3.10. The third kappa shape index (κ3) is 3.77. The number of rotatable bonds is 4. The Morgan fingerprint density at radius 2 is 1.70 bits per heavy atom. The third-order valence-electron chi connectivity index (χ3n) is 3.38. The predicted molar refractivity (Wildman–Crippen MR) is 85.0 cm³/mol.